The van der Waals surface area contributed by atoms with Gasteiger partial charge in [0.05, 0.1) is 6.54 Å². The van der Waals surface area contributed by atoms with E-state index in [2.05, 4.69) is 9.97 Å². The average Bonchev–Trinajstić information content (AvgIpc) is 1.85. The van der Waals surface area contributed by atoms with Gasteiger partial charge in [-0.25, -0.2) is 9.97 Å². The number of nitrogens with two attached hydrogens (primary N) is 1. The minimum absolute atomic E-state index is 0. The highest BCUT2D eigenvalue weighted by Crippen LogP contribution is 2.05. The Bertz CT molecular complexity index is 219. The van der Waals surface area contributed by atoms with Crippen molar-refractivity contribution in [3.63, 3.8) is 0 Å². The second-order valence-electron chi connectivity index (χ2n) is 1.95. The summed E-state index contributed by atoms with van der Waals surface area (Å²) in [5, 5.41) is 0.452. The summed E-state index contributed by atoms with van der Waals surface area (Å²) >= 11 is 5.62. The molecule has 5 heteroatoms. The number of halogens is 2. The monoisotopic (exact) mass is 193 g/mol. The van der Waals surface area contributed by atoms with Gasteiger partial charge >= 0.3 is 0 Å². The zero-order valence-electron chi connectivity index (χ0n) is 6.04. The molecule has 0 unspecified atom stereocenters. The molecule has 0 aromatic carbocycles. The Kier molecular flexibility index (Phi) is 4.33. The summed E-state index contributed by atoms with van der Waals surface area (Å²) in [5.41, 5.74) is 6.15. The highest BCUT2D eigenvalue weighted by molar-refractivity contribution is 6.29. The smallest absolute Gasteiger partial charge is 0.143 e. The molecule has 0 saturated carbocycles. The molecule has 0 saturated heterocycles. The van der Waals surface area contributed by atoms with Crippen molar-refractivity contribution in [2.45, 2.75) is 13.5 Å². The average molecular weight is 194 g/mol. The standard InChI is InChI=1S/C6H8ClN3.ClH/c1-4-2-5(7)10-6(3-8)9-4;/h2H,3,8H2,1H3;1H. The van der Waals surface area contributed by atoms with E-state index in [0.717, 1.165) is 5.69 Å². The molecule has 0 spiro atoms. The van der Waals surface area contributed by atoms with Crippen LogP contribution in [0, 0.1) is 6.92 Å². The summed E-state index contributed by atoms with van der Waals surface area (Å²) in [6.07, 6.45) is 0. The largest absolute Gasteiger partial charge is 0.324 e. The van der Waals surface area contributed by atoms with Crippen molar-refractivity contribution in [3.05, 3.63) is 22.7 Å². The summed E-state index contributed by atoms with van der Waals surface area (Å²) in [5.74, 6) is 0.588. The van der Waals surface area contributed by atoms with Crippen LogP contribution in [-0.2, 0) is 6.54 Å². The lowest BCUT2D eigenvalue weighted by Crippen LogP contribution is -2.03. The predicted octanol–water partition coefficient (Wildman–Crippen LogP) is 1.32. The molecule has 1 aromatic heterocycles. The molecular formula is C6H9Cl2N3. The van der Waals surface area contributed by atoms with Gasteiger partial charge in [0, 0.05) is 5.69 Å². The van der Waals surface area contributed by atoms with Crippen LogP contribution < -0.4 is 5.73 Å². The Morgan fingerprint density at radius 2 is 2.18 bits per heavy atom. The van der Waals surface area contributed by atoms with Crippen molar-refractivity contribution in [1.82, 2.24) is 9.97 Å². The van der Waals surface area contributed by atoms with Gasteiger partial charge in [-0.05, 0) is 13.0 Å². The number of aromatic nitrogens is 2. The van der Waals surface area contributed by atoms with Gasteiger partial charge in [-0.15, -0.1) is 12.4 Å². The van der Waals surface area contributed by atoms with Gasteiger partial charge in [-0.1, -0.05) is 11.6 Å². The molecule has 11 heavy (non-hydrogen) atoms. The van der Waals surface area contributed by atoms with Crippen LogP contribution >= 0.6 is 24.0 Å². The summed E-state index contributed by atoms with van der Waals surface area (Å²) in [6, 6.07) is 1.70. The molecule has 0 amide bonds. The predicted molar refractivity (Wildman–Crippen MR) is 46.9 cm³/mol. The van der Waals surface area contributed by atoms with Crippen LogP contribution in [0.25, 0.3) is 0 Å². The van der Waals surface area contributed by atoms with Crippen molar-refractivity contribution in [3.8, 4) is 0 Å². The first kappa shape index (κ1) is 10.6. The molecule has 0 fully saturated rings. The minimum Gasteiger partial charge on any atom is -0.324 e. The molecule has 0 aliphatic rings. The third-order valence-corrected chi connectivity index (χ3v) is 1.25. The number of hydrogen-bond donors (Lipinski definition) is 1. The summed E-state index contributed by atoms with van der Waals surface area (Å²) < 4.78 is 0. The molecule has 0 atom stereocenters. The molecule has 3 nitrogen and oxygen atoms in total. The molecular weight excluding hydrogens is 185 g/mol. The van der Waals surface area contributed by atoms with Crippen LogP contribution in [0.3, 0.4) is 0 Å². The van der Waals surface area contributed by atoms with Gasteiger partial charge < -0.3 is 5.73 Å². The Morgan fingerprint density at radius 1 is 1.55 bits per heavy atom. The van der Waals surface area contributed by atoms with E-state index in [0.29, 0.717) is 17.5 Å². The van der Waals surface area contributed by atoms with E-state index in [1.54, 1.807) is 6.07 Å². The Balaban J connectivity index is 0.000001000. The van der Waals surface area contributed by atoms with Crippen LogP contribution in [0.15, 0.2) is 6.07 Å². The topological polar surface area (TPSA) is 51.8 Å². The molecule has 0 aliphatic carbocycles. The van der Waals surface area contributed by atoms with Gasteiger partial charge in [-0.2, -0.15) is 0 Å². The maximum absolute atomic E-state index is 5.62. The van der Waals surface area contributed by atoms with Crippen molar-refractivity contribution in [2.75, 3.05) is 0 Å². The fourth-order valence-electron chi connectivity index (χ4n) is 0.680. The molecule has 0 radical (unpaired) electrons. The fraction of sp³-hybridized carbons (Fsp3) is 0.333. The summed E-state index contributed by atoms with van der Waals surface area (Å²) in [4.78, 5) is 7.91. The lowest BCUT2D eigenvalue weighted by atomic mass is 10.4. The SMILES string of the molecule is Cc1cc(Cl)nc(CN)n1.Cl. The first-order valence-electron chi connectivity index (χ1n) is 2.92. The normalized spacial score (nSPS) is 9.00. The highest BCUT2D eigenvalue weighted by Gasteiger charge is 1.96. The maximum atomic E-state index is 5.62. The van der Waals surface area contributed by atoms with Crippen LogP contribution in [-0.4, -0.2) is 9.97 Å². The van der Waals surface area contributed by atoms with Gasteiger partial charge in [0.15, 0.2) is 0 Å². The van der Waals surface area contributed by atoms with Crippen molar-refractivity contribution < 1.29 is 0 Å². The first-order chi connectivity index (χ1) is 4.72. The van der Waals surface area contributed by atoms with Crippen molar-refractivity contribution in [1.29, 1.82) is 0 Å². The molecule has 0 aliphatic heterocycles. The lowest BCUT2D eigenvalue weighted by Gasteiger charge is -1.96. The Hall–Kier alpha value is -0.380. The van der Waals surface area contributed by atoms with Crippen LogP contribution in [0.4, 0.5) is 0 Å². The zero-order chi connectivity index (χ0) is 7.56. The fourth-order valence-corrected chi connectivity index (χ4v) is 0.936. The van der Waals surface area contributed by atoms with E-state index in [4.69, 9.17) is 17.3 Å². The summed E-state index contributed by atoms with van der Waals surface area (Å²) in [6.45, 7) is 2.19. The highest BCUT2D eigenvalue weighted by atomic mass is 35.5. The van der Waals surface area contributed by atoms with E-state index < -0.39 is 0 Å². The molecule has 1 rings (SSSR count). The number of hydrogen-bond acceptors (Lipinski definition) is 3. The van der Waals surface area contributed by atoms with Crippen LogP contribution in [0.5, 0.6) is 0 Å². The molecule has 62 valence electrons. The van der Waals surface area contributed by atoms with Crippen molar-refractivity contribution in [2.24, 2.45) is 5.73 Å². The number of rotatable bonds is 1. The van der Waals surface area contributed by atoms with E-state index in [9.17, 15) is 0 Å². The van der Waals surface area contributed by atoms with Gasteiger partial charge in [-0.3, -0.25) is 0 Å². The lowest BCUT2D eigenvalue weighted by molar-refractivity contribution is 0.891. The quantitative estimate of drug-likeness (QED) is 0.686. The van der Waals surface area contributed by atoms with E-state index in [-0.39, 0.29) is 12.4 Å². The van der Waals surface area contributed by atoms with Gasteiger partial charge in [0.25, 0.3) is 0 Å². The second-order valence-corrected chi connectivity index (χ2v) is 2.34. The molecule has 1 heterocycles. The third-order valence-electron chi connectivity index (χ3n) is 1.05. The number of aryl methyl sites for hydroxylation is 1. The number of nitrogens with zero attached hydrogens (tertiary/aromatic N) is 2. The second kappa shape index (κ2) is 4.49. The first-order valence-corrected chi connectivity index (χ1v) is 3.30. The van der Waals surface area contributed by atoms with Crippen LogP contribution in [0.2, 0.25) is 5.15 Å². The maximum Gasteiger partial charge on any atom is 0.143 e. The van der Waals surface area contributed by atoms with E-state index in [1.807, 2.05) is 6.92 Å². The third kappa shape index (κ3) is 3.01. The van der Waals surface area contributed by atoms with Gasteiger partial charge in [0.1, 0.15) is 11.0 Å². The van der Waals surface area contributed by atoms with Crippen molar-refractivity contribution >= 4 is 24.0 Å². The summed E-state index contributed by atoms with van der Waals surface area (Å²) in [7, 11) is 0. The molecule has 0 bridgehead atoms. The van der Waals surface area contributed by atoms with Gasteiger partial charge in [0.2, 0.25) is 0 Å². The Morgan fingerprint density at radius 3 is 2.64 bits per heavy atom. The van der Waals surface area contributed by atoms with Crippen LogP contribution in [0.1, 0.15) is 11.5 Å². The minimum atomic E-state index is 0. The molecule has 1 aromatic rings. The van der Waals surface area contributed by atoms with E-state index in [1.165, 1.54) is 0 Å². The van der Waals surface area contributed by atoms with E-state index >= 15 is 0 Å². The molecule has 2 N–H and O–H groups in total. The zero-order valence-corrected chi connectivity index (χ0v) is 7.61. The Labute approximate surface area is 76.4 Å².